The largest absolute Gasteiger partial charge is 0.389 e. The van der Waals surface area contributed by atoms with Crippen LogP contribution in [0.25, 0.3) is 0 Å². The first kappa shape index (κ1) is 16.4. The van der Waals surface area contributed by atoms with E-state index in [4.69, 9.17) is 23.2 Å². The third-order valence-corrected chi connectivity index (χ3v) is 5.36. The summed E-state index contributed by atoms with van der Waals surface area (Å²) in [5.41, 5.74) is 0.410. The Kier molecular flexibility index (Phi) is 5.25. The summed E-state index contributed by atoms with van der Waals surface area (Å²) in [5.74, 6) is 0.215. The Morgan fingerprint density at radius 1 is 1.15 bits per heavy atom. The van der Waals surface area contributed by atoms with Crippen LogP contribution in [0.2, 0.25) is 10.0 Å². The molecule has 0 bridgehead atoms. The van der Waals surface area contributed by atoms with Crippen LogP contribution in [0.5, 0.6) is 0 Å². The lowest BCUT2D eigenvalue weighted by Gasteiger charge is -2.48. The highest BCUT2D eigenvalue weighted by Crippen LogP contribution is 2.48. The highest BCUT2D eigenvalue weighted by atomic mass is 35.5. The fourth-order valence-electron chi connectivity index (χ4n) is 3.73. The van der Waals surface area contributed by atoms with Crippen LogP contribution in [-0.4, -0.2) is 17.3 Å². The average molecular weight is 337 g/mol. The SMILES string of the molecule is Cl.OC12CCCCC1[C@H](c1c(Cl)cccc1Cl)NCC2. The molecule has 20 heavy (non-hydrogen) atoms. The van der Waals surface area contributed by atoms with E-state index in [0.29, 0.717) is 10.0 Å². The molecule has 2 fully saturated rings. The van der Waals surface area contributed by atoms with Crippen molar-refractivity contribution in [3.05, 3.63) is 33.8 Å². The van der Waals surface area contributed by atoms with Gasteiger partial charge in [0.1, 0.15) is 0 Å². The lowest BCUT2D eigenvalue weighted by Crippen LogP contribution is -2.53. The highest BCUT2D eigenvalue weighted by molar-refractivity contribution is 6.36. The minimum absolute atomic E-state index is 0. The van der Waals surface area contributed by atoms with Crippen molar-refractivity contribution in [2.75, 3.05) is 6.54 Å². The summed E-state index contributed by atoms with van der Waals surface area (Å²) >= 11 is 12.7. The average Bonchev–Trinajstić information content (AvgIpc) is 2.38. The second-order valence-electron chi connectivity index (χ2n) is 5.77. The van der Waals surface area contributed by atoms with Gasteiger partial charge in [0.2, 0.25) is 0 Å². The fraction of sp³-hybridized carbons (Fsp3) is 0.600. The van der Waals surface area contributed by atoms with Gasteiger partial charge in [-0.15, -0.1) is 12.4 Å². The lowest BCUT2D eigenvalue weighted by molar-refractivity contribution is -0.0861. The van der Waals surface area contributed by atoms with Crippen LogP contribution in [0.3, 0.4) is 0 Å². The summed E-state index contributed by atoms with van der Waals surface area (Å²) < 4.78 is 0. The van der Waals surface area contributed by atoms with Gasteiger partial charge in [0, 0.05) is 27.6 Å². The van der Waals surface area contributed by atoms with Crippen LogP contribution in [0, 0.1) is 5.92 Å². The molecule has 3 rings (SSSR count). The van der Waals surface area contributed by atoms with E-state index >= 15 is 0 Å². The molecule has 1 saturated heterocycles. The van der Waals surface area contributed by atoms with Crippen molar-refractivity contribution in [1.29, 1.82) is 0 Å². The van der Waals surface area contributed by atoms with Crippen molar-refractivity contribution in [1.82, 2.24) is 5.32 Å². The Bertz CT molecular complexity index is 458. The Balaban J connectivity index is 0.00000147. The van der Waals surface area contributed by atoms with Crippen molar-refractivity contribution in [2.45, 2.75) is 43.7 Å². The highest BCUT2D eigenvalue weighted by Gasteiger charge is 2.46. The number of halogens is 3. The maximum absolute atomic E-state index is 10.9. The molecular formula is C15H20Cl3NO. The van der Waals surface area contributed by atoms with E-state index in [1.807, 2.05) is 18.2 Å². The van der Waals surface area contributed by atoms with Gasteiger partial charge in [-0.25, -0.2) is 0 Å². The smallest absolute Gasteiger partial charge is 0.0706 e. The lowest BCUT2D eigenvalue weighted by atomic mass is 9.67. The summed E-state index contributed by atoms with van der Waals surface area (Å²) in [6.45, 7) is 0.819. The molecule has 1 aliphatic carbocycles. The van der Waals surface area contributed by atoms with Crippen molar-refractivity contribution >= 4 is 35.6 Å². The first-order chi connectivity index (χ1) is 9.12. The minimum Gasteiger partial charge on any atom is -0.389 e. The van der Waals surface area contributed by atoms with Crippen LogP contribution >= 0.6 is 35.6 Å². The molecule has 0 spiro atoms. The second kappa shape index (κ2) is 6.41. The second-order valence-corrected chi connectivity index (χ2v) is 6.59. The van der Waals surface area contributed by atoms with Crippen molar-refractivity contribution in [3.8, 4) is 0 Å². The topological polar surface area (TPSA) is 32.3 Å². The molecule has 0 aromatic heterocycles. The molecule has 1 aliphatic heterocycles. The Hall–Kier alpha value is 0.01000. The van der Waals surface area contributed by atoms with E-state index in [1.165, 1.54) is 6.42 Å². The van der Waals surface area contributed by atoms with E-state index in [9.17, 15) is 5.11 Å². The first-order valence-corrected chi connectivity index (χ1v) is 7.77. The molecule has 1 aromatic carbocycles. The zero-order valence-electron chi connectivity index (χ0n) is 11.2. The first-order valence-electron chi connectivity index (χ1n) is 7.01. The third kappa shape index (κ3) is 2.82. The van der Waals surface area contributed by atoms with E-state index in [-0.39, 0.29) is 24.4 Å². The predicted molar refractivity (Wildman–Crippen MR) is 86.0 cm³/mol. The molecule has 2 unspecified atom stereocenters. The van der Waals surface area contributed by atoms with Gasteiger partial charge in [-0.2, -0.15) is 0 Å². The van der Waals surface area contributed by atoms with Crippen molar-refractivity contribution in [3.63, 3.8) is 0 Å². The monoisotopic (exact) mass is 335 g/mol. The van der Waals surface area contributed by atoms with E-state index in [2.05, 4.69) is 5.32 Å². The van der Waals surface area contributed by atoms with Gasteiger partial charge in [0.05, 0.1) is 5.60 Å². The maximum Gasteiger partial charge on any atom is 0.0706 e. The summed E-state index contributed by atoms with van der Waals surface area (Å²) in [6, 6.07) is 5.69. The number of nitrogens with one attached hydrogen (secondary N) is 1. The summed E-state index contributed by atoms with van der Waals surface area (Å²) in [4.78, 5) is 0. The van der Waals surface area contributed by atoms with Gasteiger partial charge in [0.15, 0.2) is 0 Å². The van der Waals surface area contributed by atoms with E-state index in [0.717, 1.165) is 37.8 Å². The normalized spacial score (nSPS) is 33.1. The number of rotatable bonds is 1. The van der Waals surface area contributed by atoms with Crippen LogP contribution in [0.4, 0.5) is 0 Å². The van der Waals surface area contributed by atoms with Gasteiger partial charge in [-0.3, -0.25) is 0 Å². The fourth-order valence-corrected chi connectivity index (χ4v) is 4.37. The molecule has 1 heterocycles. The van der Waals surface area contributed by atoms with Gasteiger partial charge in [-0.1, -0.05) is 42.1 Å². The van der Waals surface area contributed by atoms with Gasteiger partial charge in [0.25, 0.3) is 0 Å². The number of hydrogen-bond acceptors (Lipinski definition) is 2. The van der Waals surface area contributed by atoms with E-state index < -0.39 is 5.60 Å². The van der Waals surface area contributed by atoms with Gasteiger partial charge >= 0.3 is 0 Å². The molecular weight excluding hydrogens is 317 g/mol. The van der Waals surface area contributed by atoms with Gasteiger partial charge in [-0.05, 0) is 37.9 Å². The van der Waals surface area contributed by atoms with Gasteiger partial charge < -0.3 is 10.4 Å². The molecule has 2 nitrogen and oxygen atoms in total. The predicted octanol–water partition coefficient (Wildman–Crippen LogP) is 4.37. The zero-order chi connectivity index (χ0) is 13.5. The van der Waals surface area contributed by atoms with Crippen LogP contribution in [-0.2, 0) is 0 Å². The number of hydrogen-bond donors (Lipinski definition) is 2. The van der Waals surface area contributed by atoms with Crippen molar-refractivity contribution < 1.29 is 5.11 Å². The standard InChI is InChI=1S/C15H19Cl2NO.ClH/c16-11-5-3-6-12(17)13(11)14-10-4-1-2-7-15(10,19)8-9-18-14;/h3,5-6,10,14,18-19H,1-2,4,7-9H2;1H/t10?,14-,15?;/m1./s1. The maximum atomic E-state index is 10.9. The Morgan fingerprint density at radius 3 is 2.55 bits per heavy atom. The summed E-state index contributed by atoms with van der Waals surface area (Å²) in [7, 11) is 0. The van der Waals surface area contributed by atoms with Crippen LogP contribution in [0.1, 0.15) is 43.7 Å². The summed E-state index contributed by atoms with van der Waals surface area (Å²) in [5, 5.41) is 15.8. The Labute approximate surface area is 136 Å². The molecule has 112 valence electrons. The summed E-state index contributed by atoms with van der Waals surface area (Å²) in [6.07, 6.45) is 5.06. The number of benzene rings is 1. The minimum atomic E-state index is -0.545. The molecule has 3 atom stereocenters. The molecule has 0 radical (unpaired) electrons. The van der Waals surface area contributed by atoms with Crippen LogP contribution in [0.15, 0.2) is 18.2 Å². The molecule has 2 N–H and O–H groups in total. The molecule has 2 aliphatic rings. The molecule has 5 heteroatoms. The molecule has 1 aromatic rings. The quantitative estimate of drug-likeness (QED) is 0.798. The third-order valence-electron chi connectivity index (χ3n) is 4.70. The number of fused-ring (bicyclic) bond motifs is 1. The Morgan fingerprint density at radius 2 is 1.85 bits per heavy atom. The number of aliphatic hydroxyl groups is 1. The number of piperidine rings is 1. The zero-order valence-corrected chi connectivity index (χ0v) is 13.6. The van der Waals surface area contributed by atoms with Crippen molar-refractivity contribution in [2.24, 2.45) is 5.92 Å². The van der Waals surface area contributed by atoms with E-state index in [1.54, 1.807) is 0 Å². The molecule has 1 saturated carbocycles. The van der Waals surface area contributed by atoms with Crippen LogP contribution < -0.4 is 5.32 Å². The molecule has 0 amide bonds.